The zero-order valence-corrected chi connectivity index (χ0v) is 11.7. The zero-order valence-electron chi connectivity index (χ0n) is 10.1. The normalized spacial score (nSPS) is 12.4. The number of hydrogen-bond acceptors (Lipinski definition) is 3. The fourth-order valence-corrected chi connectivity index (χ4v) is 1.86. The molecule has 1 N–H and O–H groups in total. The molecule has 2 aromatic rings. The van der Waals surface area contributed by atoms with Crippen molar-refractivity contribution in [2.24, 2.45) is 0 Å². The van der Waals surface area contributed by atoms with Gasteiger partial charge < -0.3 is 9.84 Å². The third-order valence-electron chi connectivity index (χ3n) is 2.46. The van der Waals surface area contributed by atoms with Crippen molar-refractivity contribution in [2.75, 3.05) is 6.61 Å². The Bertz CT molecular complexity index is 496. The van der Waals surface area contributed by atoms with Crippen LogP contribution in [0.3, 0.4) is 0 Å². The van der Waals surface area contributed by atoms with Crippen molar-refractivity contribution in [3.8, 4) is 5.75 Å². The second-order valence-corrected chi connectivity index (χ2v) is 5.07. The highest BCUT2D eigenvalue weighted by atomic mass is 79.9. The molecule has 0 unspecified atom stereocenters. The number of aliphatic hydroxyl groups is 1. The van der Waals surface area contributed by atoms with E-state index in [1.165, 1.54) is 5.56 Å². The molecule has 0 bridgehead atoms. The lowest BCUT2D eigenvalue weighted by molar-refractivity contribution is 0.0893. The second kappa shape index (κ2) is 6.02. The number of halogens is 1. The van der Waals surface area contributed by atoms with E-state index in [4.69, 9.17) is 4.74 Å². The molecule has 4 nitrogen and oxygen atoms in total. The molecule has 0 amide bonds. The SMILES string of the molecule is Cc1ccc(OC[C@@H](O)Cn2cc(Br)cn2)cc1. The first-order valence-corrected chi connectivity index (χ1v) is 6.48. The van der Waals surface area contributed by atoms with E-state index in [2.05, 4.69) is 21.0 Å². The van der Waals surface area contributed by atoms with Crippen LogP contribution in [-0.4, -0.2) is 27.6 Å². The molecular weight excluding hydrogens is 296 g/mol. The molecule has 96 valence electrons. The summed E-state index contributed by atoms with van der Waals surface area (Å²) in [5, 5.41) is 13.9. The second-order valence-electron chi connectivity index (χ2n) is 4.16. The number of ether oxygens (including phenoxy) is 1. The predicted molar refractivity (Wildman–Crippen MR) is 72.6 cm³/mol. The van der Waals surface area contributed by atoms with Gasteiger partial charge in [-0.2, -0.15) is 5.10 Å². The number of aryl methyl sites for hydroxylation is 1. The van der Waals surface area contributed by atoms with Gasteiger partial charge in [0.15, 0.2) is 0 Å². The van der Waals surface area contributed by atoms with Crippen molar-refractivity contribution in [1.82, 2.24) is 9.78 Å². The van der Waals surface area contributed by atoms with Crippen molar-refractivity contribution in [3.63, 3.8) is 0 Å². The molecule has 0 radical (unpaired) electrons. The van der Waals surface area contributed by atoms with Gasteiger partial charge in [0, 0.05) is 6.20 Å². The summed E-state index contributed by atoms with van der Waals surface area (Å²) in [5.74, 6) is 0.765. The first-order chi connectivity index (χ1) is 8.63. The van der Waals surface area contributed by atoms with Gasteiger partial charge in [-0.25, -0.2) is 0 Å². The Morgan fingerprint density at radius 3 is 2.72 bits per heavy atom. The van der Waals surface area contributed by atoms with Gasteiger partial charge in [-0.15, -0.1) is 0 Å². The van der Waals surface area contributed by atoms with Crippen LogP contribution < -0.4 is 4.74 Å². The third-order valence-corrected chi connectivity index (χ3v) is 2.87. The Hall–Kier alpha value is -1.33. The topological polar surface area (TPSA) is 47.3 Å². The van der Waals surface area contributed by atoms with Crippen LogP contribution in [0.2, 0.25) is 0 Å². The van der Waals surface area contributed by atoms with Crippen molar-refractivity contribution >= 4 is 15.9 Å². The van der Waals surface area contributed by atoms with Crippen molar-refractivity contribution in [1.29, 1.82) is 0 Å². The summed E-state index contributed by atoms with van der Waals surface area (Å²) >= 11 is 3.31. The zero-order chi connectivity index (χ0) is 13.0. The van der Waals surface area contributed by atoms with Crippen LogP contribution in [0.4, 0.5) is 0 Å². The average Bonchev–Trinajstić information content (AvgIpc) is 2.74. The summed E-state index contributed by atoms with van der Waals surface area (Å²) in [7, 11) is 0. The Labute approximate surface area is 114 Å². The van der Waals surface area contributed by atoms with Gasteiger partial charge in [0.25, 0.3) is 0 Å². The highest BCUT2D eigenvalue weighted by Gasteiger charge is 2.07. The minimum absolute atomic E-state index is 0.251. The van der Waals surface area contributed by atoms with Gasteiger partial charge in [0.05, 0.1) is 17.2 Å². The highest BCUT2D eigenvalue weighted by molar-refractivity contribution is 9.10. The molecule has 18 heavy (non-hydrogen) atoms. The molecule has 1 atom stereocenters. The van der Waals surface area contributed by atoms with Gasteiger partial charge in [-0.1, -0.05) is 17.7 Å². The van der Waals surface area contributed by atoms with Crippen LogP contribution in [0.5, 0.6) is 5.75 Å². The molecule has 1 aromatic heterocycles. The lowest BCUT2D eigenvalue weighted by atomic mass is 10.2. The fraction of sp³-hybridized carbons (Fsp3) is 0.308. The van der Waals surface area contributed by atoms with Gasteiger partial charge in [0.2, 0.25) is 0 Å². The number of nitrogens with zero attached hydrogens (tertiary/aromatic N) is 2. The van der Waals surface area contributed by atoms with E-state index in [1.807, 2.05) is 37.4 Å². The monoisotopic (exact) mass is 310 g/mol. The molecule has 0 spiro atoms. The minimum atomic E-state index is -0.585. The van der Waals surface area contributed by atoms with E-state index in [0.717, 1.165) is 10.2 Å². The Morgan fingerprint density at radius 1 is 1.39 bits per heavy atom. The summed E-state index contributed by atoms with van der Waals surface area (Å²) in [4.78, 5) is 0. The summed E-state index contributed by atoms with van der Waals surface area (Å²) < 4.78 is 8.07. The first-order valence-electron chi connectivity index (χ1n) is 5.69. The standard InChI is InChI=1S/C13H15BrN2O2/c1-10-2-4-13(5-3-10)18-9-12(17)8-16-7-11(14)6-15-16/h2-7,12,17H,8-9H2,1H3/t12-/m0/s1. The van der Waals surface area contributed by atoms with E-state index in [0.29, 0.717) is 6.54 Å². The molecule has 1 aromatic carbocycles. The number of rotatable bonds is 5. The molecular formula is C13H15BrN2O2. The summed E-state index contributed by atoms with van der Waals surface area (Å²) in [5.41, 5.74) is 1.18. The lowest BCUT2D eigenvalue weighted by Crippen LogP contribution is -2.23. The van der Waals surface area contributed by atoms with Crippen molar-refractivity contribution in [3.05, 3.63) is 46.7 Å². The summed E-state index contributed by atoms with van der Waals surface area (Å²) in [6, 6.07) is 7.75. The minimum Gasteiger partial charge on any atom is -0.491 e. The van der Waals surface area contributed by atoms with Crippen LogP contribution in [0.25, 0.3) is 0 Å². The smallest absolute Gasteiger partial charge is 0.119 e. The van der Waals surface area contributed by atoms with E-state index in [9.17, 15) is 5.11 Å². The van der Waals surface area contributed by atoms with E-state index in [1.54, 1.807) is 10.9 Å². The van der Waals surface area contributed by atoms with Crippen LogP contribution in [0.1, 0.15) is 5.56 Å². The van der Waals surface area contributed by atoms with E-state index >= 15 is 0 Å². The Balaban J connectivity index is 1.81. The average molecular weight is 311 g/mol. The van der Waals surface area contributed by atoms with E-state index in [-0.39, 0.29) is 6.61 Å². The van der Waals surface area contributed by atoms with Crippen molar-refractivity contribution in [2.45, 2.75) is 19.6 Å². The third kappa shape index (κ3) is 3.85. The quantitative estimate of drug-likeness (QED) is 0.922. The molecule has 1 heterocycles. The molecule has 2 rings (SSSR count). The number of aliphatic hydroxyl groups excluding tert-OH is 1. The maximum absolute atomic E-state index is 9.83. The predicted octanol–water partition coefficient (Wildman–Crippen LogP) is 2.39. The number of benzene rings is 1. The van der Waals surface area contributed by atoms with Gasteiger partial charge in [-0.3, -0.25) is 4.68 Å². The molecule has 0 aliphatic carbocycles. The largest absolute Gasteiger partial charge is 0.491 e. The maximum Gasteiger partial charge on any atom is 0.119 e. The van der Waals surface area contributed by atoms with Gasteiger partial charge in [-0.05, 0) is 35.0 Å². The highest BCUT2D eigenvalue weighted by Crippen LogP contribution is 2.12. The molecule has 0 saturated carbocycles. The fourth-order valence-electron chi connectivity index (χ4n) is 1.53. The summed E-state index contributed by atoms with van der Waals surface area (Å²) in [6.45, 7) is 2.69. The van der Waals surface area contributed by atoms with Crippen LogP contribution in [-0.2, 0) is 6.54 Å². The first kappa shape index (κ1) is 13.1. The molecule has 0 aliphatic heterocycles. The van der Waals surface area contributed by atoms with E-state index < -0.39 is 6.10 Å². The van der Waals surface area contributed by atoms with Crippen LogP contribution >= 0.6 is 15.9 Å². The Morgan fingerprint density at radius 2 is 2.11 bits per heavy atom. The van der Waals surface area contributed by atoms with Crippen molar-refractivity contribution < 1.29 is 9.84 Å². The summed E-state index contributed by atoms with van der Waals surface area (Å²) in [6.07, 6.45) is 2.92. The maximum atomic E-state index is 9.83. The lowest BCUT2D eigenvalue weighted by Gasteiger charge is -2.12. The molecule has 0 fully saturated rings. The van der Waals surface area contributed by atoms with Gasteiger partial charge in [0.1, 0.15) is 18.5 Å². The van der Waals surface area contributed by atoms with Crippen LogP contribution in [0.15, 0.2) is 41.1 Å². The Kier molecular flexibility index (Phi) is 4.38. The number of aromatic nitrogens is 2. The number of hydrogen-bond donors (Lipinski definition) is 1. The molecule has 0 saturated heterocycles. The van der Waals surface area contributed by atoms with Gasteiger partial charge >= 0.3 is 0 Å². The molecule has 5 heteroatoms. The van der Waals surface area contributed by atoms with Crippen LogP contribution in [0, 0.1) is 6.92 Å². The molecule has 0 aliphatic rings.